The highest BCUT2D eigenvalue weighted by molar-refractivity contribution is 5.96. The van der Waals surface area contributed by atoms with Gasteiger partial charge >= 0.3 is 0 Å². The number of amides is 1. The number of furan rings is 1. The summed E-state index contributed by atoms with van der Waals surface area (Å²) >= 11 is 0. The molecule has 3 rings (SSSR count). The first-order valence-electron chi connectivity index (χ1n) is 8.57. The third-order valence-electron chi connectivity index (χ3n) is 5.10. The number of carbonyl (C=O) groups excluding carboxylic acids is 1. The van der Waals surface area contributed by atoms with Gasteiger partial charge in [0.2, 0.25) is 5.76 Å². The minimum absolute atomic E-state index is 0.114. The zero-order valence-electron chi connectivity index (χ0n) is 15.2. The molecule has 26 heavy (non-hydrogen) atoms. The number of hydrogen-bond donors (Lipinski definition) is 1. The number of likely N-dealkylation sites (tertiary alicyclic amines) is 1. The zero-order chi connectivity index (χ0) is 18.9. The van der Waals surface area contributed by atoms with Gasteiger partial charge in [-0.15, -0.1) is 0 Å². The Bertz CT molecular complexity index is 846. The van der Waals surface area contributed by atoms with Gasteiger partial charge in [-0.25, -0.2) is 0 Å². The molecule has 2 aromatic rings. The first kappa shape index (κ1) is 18.0. The van der Waals surface area contributed by atoms with E-state index in [1.807, 2.05) is 18.2 Å². The van der Waals surface area contributed by atoms with Crippen LogP contribution in [-0.4, -0.2) is 35.6 Å². The molecule has 1 fully saturated rings. The van der Waals surface area contributed by atoms with Crippen molar-refractivity contribution in [2.24, 2.45) is 0 Å². The Morgan fingerprint density at radius 3 is 2.69 bits per heavy atom. The van der Waals surface area contributed by atoms with Gasteiger partial charge < -0.3 is 19.2 Å². The fraction of sp³-hybridized carbons (Fsp3) is 0.400. The standard InChI is InChI=1S/C20H22N2O4/c1-13-17(11-16(12-21)26-13)19(23)22-10-4-5-18(22)20(2,24)14-6-8-15(25-3)9-7-14/h6-9,11,18,24H,4-5,10H2,1-3H3. The summed E-state index contributed by atoms with van der Waals surface area (Å²) in [6.45, 7) is 3.96. The quantitative estimate of drug-likeness (QED) is 0.912. The molecule has 0 radical (unpaired) electrons. The number of carbonyl (C=O) groups is 1. The summed E-state index contributed by atoms with van der Waals surface area (Å²) in [6, 6.07) is 10.2. The molecule has 1 amide bonds. The molecular formula is C20H22N2O4. The molecule has 1 saturated heterocycles. The lowest BCUT2D eigenvalue weighted by molar-refractivity contribution is -0.0177. The van der Waals surface area contributed by atoms with Gasteiger partial charge in [0.25, 0.3) is 5.91 Å². The van der Waals surface area contributed by atoms with Crippen LogP contribution in [-0.2, 0) is 5.60 Å². The maximum absolute atomic E-state index is 13.0. The first-order chi connectivity index (χ1) is 12.4. The summed E-state index contributed by atoms with van der Waals surface area (Å²) in [5.74, 6) is 1.02. The molecule has 2 atom stereocenters. The molecule has 2 unspecified atom stereocenters. The third kappa shape index (κ3) is 3.06. The summed E-state index contributed by atoms with van der Waals surface area (Å²) in [5.41, 5.74) is -0.0997. The van der Waals surface area contributed by atoms with Gasteiger partial charge in [0.05, 0.1) is 18.7 Å². The Morgan fingerprint density at radius 2 is 2.12 bits per heavy atom. The van der Waals surface area contributed by atoms with Crippen molar-refractivity contribution in [3.05, 3.63) is 53.0 Å². The molecule has 0 saturated carbocycles. The Morgan fingerprint density at radius 1 is 1.42 bits per heavy atom. The highest BCUT2D eigenvalue weighted by atomic mass is 16.5. The maximum atomic E-state index is 13.0. The summed E-state index contributed by atoms with van der Waals surface area (Å²) in [4.78, 5) is 14.7. The average molecular weight is 354 g/mol. The molecule has 0 spiro atoms. The Labute approximate surface area is 152 Å². The number of aryl methyl sites for hydroxylation is 1. The lowest BCUT2D eigenvalue weighted by Crippen LogP contribution is -2.48. The van der Waals surface area contributed by atoms with Crippen molar-refractivity contribution in [2.75, 3.05) is 13.7 Å². The second kappa shape index (κ2) is 6.85. The van der Waals surface area contributed by atoms with Crippen LogP contribution in [0.5, 0.6) is 5.75 Å². The van der Waals surface area contributed by atoms with E-state index >= 15 is 0 Å². The van der Waals surface area contributed by atoms with Crippen molar-refractivity contribution in [1.82, 2.24) is 4.90 Å². The first-order valence-corrected chi connectivity index (χ1v) is 8.57. The van der Waals surface area contributed by atoms with E-state index in [1.165, 1.54) is 6.07 Å². The molecule has 1 aliphatic heterocycles. The van der Waals surface area contributed by atoms with Crippen molar-refractivity contribution in [3.63, 3.8) is 0 Å². The summed E-state index contributed by atoms with van der Waals surface area (Å²) in [6.07, 6.45) is 1.51. The fourth-order valence-electron chi connectivity index (χ4n) is 3.62. The van der Waals surface area contributed by atoms with Crippen LogP contribution in [0.25, 0.3) is 0 Å². The largest absolute Gasteiger partial charge is 0.497 e. The van der Waals surface area contributed by atoms with Gasteiger partial charge in [-0.3, -0.25) is 4.79 Å². The van der Waals surface area contributed by atoms with E-state index in [0.717, 1.165) is 12.0 Å². The van der Waals surface area contributed by atoms with Crippen LogP contribution in [0.2, 0.25) is 0 Å². The lowest BCUT2D eigenvalue weighted by atomic mass is 9.86. The number of methoxy groups -OCH3 is 1. The van der Waals surface area contributed by atoms with Crippen LogP contribution in [0.4, 0.5) is 0 Å². The van der Waals surface area contributed by atoms with Crippen LogP contribution in [0.15, 0.2) is 34.7 Å². The summed E-state index contributed by atoms with van der Waals surface area (Å²) in [7, 11) is 1.59. The topological polar surface area (TPSA) is 86.7 Å². The van der Waals surface area contributed by atoms with Crippen LogP contribution >= 0.6 is 0 Å². The van der Waals surface area contributed by atoms with Crippen LogP contribution in [0, 0.1) is 18.3 Å². The van der Waals surface area contributed by atoms with Crippen molar-refractivity contribution >= 4 is 5.91 Å². The Hall–Kier alpha value is -2.78. The molecule has 2 heterocycles. The minimum Gasteiger partial charge on any atom is -0.497 e. The van der Waals surface area contributed by atoms with Gasteiger partial charge in [0.1, 0.15) is 23.2 Å². The van der Waals surface area contributed by atoms with E-state index in [4.69, 9.17) is 14.4 Å². The van der Waals surface area contributed by atoms with E-state index in [0.29, 0.717) is 30.0 Å². The normalized spacial score (nSPS) is 19.0. The third-order valence-corrected chi connectivity index (χ3v) is 5.10. The van der Waals surface area contributed by atoms with E-state index in [2.05, 4.69) is 0 Å². The molecule has 1 aromatic carbocycles. The van der Waals surface area contributed by atoms with Crippen molar-refractivity contribution < 1.29 is 19.1 Å². The Kier molecular flexibility index (Phi) is 4.75. The number of ether oxygens (including phenoxy) is 1. The number of rotatable bonds is 4. The predicted molar refractivity (Wildman–Crippen MR) is 94.8 cm³/mol. The molecule has 136 valence electrons. The van der Waals surface area contributed by atoms with E-state index in [1.54, 1.807) is 38.0 Å². The lowest BCUT2D eigenvalue weighted by Gasteiger charge is -2.37. The number of hydrogen-bond acceptors (Lipinski definition) is 5. The average Bonchev–Trinajstić information content (AvgIpc) is 3.28. The zero-order valence-corrected chi connectivity index (χ0v) is 15.2. The molecular weight excluding hydrogens is 332 g/mol. The van der Waals surface area contributed by atoms with Crippen LogP contribution < -0.4 is 4.74 Å². The minimum atomic E-state index is -1.20. The van der Waals surface area contributed by atoms with Gasteiger partial charge in [-0.05, 0) is 44.4 Å². The second-order valence-corrected chi connectivity index (χ2v) is 6.72. The van der Waals surface area contributed by atoms with Crippen molar-refractivity contribution in [3.8, 4) is 11.8 Å². The molecule has 1 aromatic heterocycles. The van der Waals surface area contributed by atoms with E-state index in [-0.39, 0.29) is 17.7 Å². The highest BCUT2D eigenvalue weighted by Crippen LogP contribution is 2.36. The van der Waals surface area contributed by atoms with Crippen LogP contribution in [0.3, 0.4) is 0 Å². The van der Waals surface area contributed by atoms with E-state index < -0.39 is 5.60 Å². The van der Waals surface area contributed by atoms with Crippen molar-refractivity contribution in [2.45, 2.75) is 38.3 Å². The molecule has 6 heteroatoms. The molecule has 0 aliphatic carbocycles. The van der Waals surface area contributed by atoms with Gasteiger partial charge in [-0.2, -0.15) is 5.26 Å². The number of aliphatic hydroxyl groups is 1. The van der Waals surface area contributed by atoms with Gasteiger partial charge in [-0.1, -0.05) is 12.1 Å². The molecule has 6 nitrogen and oxygen atoms in total. The Balaban J connectivity index is 1.89. The van der Waals surface area contributed by atoms with Gasteiger partial charge in [0, 0.05) is 12.6 Å². The van der Waals surface area contributed by atoms with Crippen molar-refractivity contribution in [1.29, 1.82) is 5.26 Å². The smallest absolute Gasteiger partial charge is 0.257 e. The number of nitrogens with zero attached hydrogens (tertiary/aromatic N) is 2. The molecule has 1 N–H and O–H groups in total. The summed E-state index contributed by atoms with van der Waals surface area (Å²) < 4.78 is 10.5. The molecule has 1 aliphatic rings. The van der Waals surface area contributed by atoms with E-state index in [9.17, 15) is 9.90 Å². The summed E-state index contributed by atoms with van der Waals surface area (Å²) in [5, 5.41) is 20.2. The second-order valence-electron chi connectivity index (χ2n) is 6.72. The number of nitriles is 1. The van der Waals surface area contributed by atoms with Gasteiger partial charge in [0.15, 0.2) is 0 Å². The maximum Gasteiger partial charge on any atom is 0.257 e. The monoisotopic (exact) mass is 354 g/mol. The SMILES string of the molecule is COc1ccc(C(C)(O)C2CCCN2C(=O)c2cc(C#N)oc2C)cc1. The highest BCUT2D eigenvalue weighted by Gasteiger charge is 2.43. The molecule has 0 bridgehead atoms. The van der Waals surface area contributed by atoms with Crippen LogP contribution in [0.1, 0.15) is 47.2 Å². The number of benzene rings is 1. The fourth-order valence-corrected chi connectivity index (χ4v) is 3.62. The predicted octanol–water partition coefficient (Wildman–Crippen LogP) is 2.98.